The molecule has 0 radical (unpaired) electrons. The lowest BCUT2D eigenvalue weighted by atomic mass is 10.0. The highest BCUT2D eigenvalue weighted by atomic mass is 16.6. The van der Waals surface area contributed by atoms with Crippen molar-refractivity contribution in [1.29, 1.82) is 0 Å². The molecule has 0 aliphatic rings. The van der Waals surface area contributed by atoms with Crippen molar-refractivity contribution >= 4 is 88.0 Å². The lowest BCUT2D eigenvalue weighted by Gasteiger charge is -2.31. The van der Waals surface area contributed by atoms with E-state index < -0.39 is 157 Å². The summed E-state index contributed by atoms with van der Waals surface area (Å²) in [5.41, 5.74) is 42.3. The van der Waals surface area contributed by atoms with Crippen LogP contribution in [0.2, 0.25) is 0 Å². The Morgan fingerprint density at radius 3 is 1.40 bits per heavy atom. The Morgan fingerprint density at radius 2 is 0.973 bits per heavy atom. The number of aromatic carboxylic acids is 1. The van der Waals surface area contributed by atoms with Crippen LogP contribution in [-0.4, -0.2) is 121 Å². The molecule has 0 saturated heterocycles. The number of primary amides is 1. The van der Waals surface area contributed by atoms with Crippen molar-refractivity contribution in [3.05, 3.63) is 114 Å². The normalized spacial score (nSPS) is 12.9. The van der Waals surface area contributed by atoms with Crippen LogP contribution < -0.4 is 83.1 Å². The number of aliphatic hydroxyl groups is 1. The molecular formula is C36H44N22O15. The van der Waals surface area contributed by atoms with Crippen LogP contribution in [0, 0.1) is 30.3 Å². The van der Waals surface area contributed by atoms with E-state index in [0.717, 1.165) is 12.1 Å². The maximum absolute atomic E-state index is 14.2. The number of benzene rings is 3. The number of para-hydroxylation sites is 1. The summed E-state index contributed by atoms with van der Waals surface area (Å²) in [6.07, 6.45) is -11.6. The van der Waals surface area contributed by atoms with Gasteiger partial charge in [-0.3, -0.25) is 59.1 Å². The molecule has 3 rings (SSSR count). The number of anilines is 1. The Kier molecular flexibility index (Phi) is 19.2. The molecular weight excluding hydrogens is 981 g/mol. The highest BCUT2D eigenvalue weighted by Gasteiger charge is 2.39. The first-order valence-electron chi connectivity index (χ1n) is 19.7. The number of nitrogens with two attached hydrogens (primary N) is 9. The van der Waals surface area contributed by atoms with Gasteiger partial charge in [0.15, 0.2) is 23.8 Å². The number of carbonyl (C=O) groups excluding carboxylic acids is 6. The van der Waals surface area contributed by atoms with Gasteiger partial charge in [0.2, 0.25) is 36.8 Å². The molecule has 388 valence electrons. The number of hydrogen-bond acceptors (Lipinski definition) is 19. The number of carboxylic acids is 1. The molecule has 0 heterocycles. The molecule has 73 heavy (non-hydrogen) atoms. The van der Waals surface area contributed by atoms with Crippen molar-refractivity contribution in [2.45, 2.75) is 43.5 Å². The van der Waals surface area contributed by atoms with Crippen LogP contribution >= 0.6 is 0 Å². The van der Waals surface area contributed by atoms with E-state index in [4.69, 9.17) is 51.6 Å². The average molecular weight is 1020 g/mol. The predicted molar refractivity (Wildman–Crippen MR) is 249 cm³/mol. The van der Waals surface area contributed by atoms with Gasteiger partial charge in [0.05, 0.1) is 32.9 Å². The summed E-state index contributed by atoms with van der Waals surface area (Å²) < 4.78 is 0. The van der Waals surface area contributed by atoms with Crippen molar-refractivity contribution in [2.24, 2.45) is 71.6 Å². The molecule has 6 atom stereocenters. The largest absolute Gasteiger partial charge is 0.478 e. The van der Waals surface area contributed by atoms with Crippen LogP contribution in [0.25, 0.3) is 0 Å². The number of hydrogen-bond donors (Lipinski definition) is 16. The molecule has 3 aromatic rings. The maximum atomic E-state index is 14.2. The van der Waals surface area contributed by atoms with E-state index in [1.54, 1.807) is 0 Å². The molecule has 37 nitrogen and oxygen atoms in total. The average Bonchev–Trinajstić information content (AvgIpc) is 3.30. The number of carboxylic acid groups (broad SMARTS) is 1. The number of nitro benzene ring substituents is 3. The topological polar surface area (TPSA) is 636 Å². The van der Waals surface area contributed by atoms with Gasteiger partial charge >= 0.3 is 5.97 Å². The summed E-state index contributed by atoms with van der Waals surface area (Å²) in [5, 5.41) is 68.0. The number of guanidine groups is 4. The molecule has 25 N–H and O–H groups in total. The third-order valence-electron chi connectivity index (χ3n) is 8.98. The van der Waals surface area contributed by atoms with E-state index in [9.17, 15) is 74.1 Å². The zero-order valence-electron chi connectivity index (χ0n) is 37.0. The molecule has 0 aromatic heterocycles. The van der Waals surface area contributed by atoms with Crippen LogP contribution in [-0.2, 0) is 35.3 Å². The van der Waals surface area contributed by atoms with Crippen LogP contribution in [0.1, 0.15) is 27.5 Å². The minimum Gasteiger partial charge on any atom is -0.478 e. The molecule has 0 saturated carbocycles. The first-order chi connectivity index (χ1) is 34.1. The quantitative estimate of drug-likeness (QED) is 0.0130. The molecule has 0 aliphatic carbocycles. The number of rotatable bonds is 24. The Morgan fingerprint density at radius 1 is 0.548 bits per heavy atom. The number of nitro groups is 3. The predicted octanol–water partition coefficient (Wildman–Crippen LogP) is -7.36. The van der Waals surface area contributed by atoms with Crippen molar-refractivity contribution in [1.82, 2.24) is 26.6 Å². The fourth-order valence-electron chi connectivity index (χ4n) is 6.00. The fraction of sp³-hybridized carbons (Fsp3) is 0.194. The third-order valence-corrected chi connectivity index (χ3v) is 8.98. The molecule has 3 aromatic carbocycles. The monoisotopic (exact) mass is 1020 g/mol. The van der Waals surface area contributed by atoms with Gasteiger partial charge in [0, 0.05) is 17.7 Å². The van der Waals surface area contributed by atoms with Gasteiger partial charge in [-0.15, -0.1) is 0 Å². The highest BCUT2D eigenvalue weighted by Crippen LogP contribution is 2.39. The smallest absolute Gasteiger partial charge is 0.338 e. The lowest BCUT2D eigenvalue weighted by Crippen LogP contribution is -2.58. The number of aliphatic hydroxyl groups excluding tert-OH is 1. The van der Waals surface area contributed by atoms with Gasteiger partial charge in [-0.2, -0.15) is 0 Å². The fourth-order valence-corrected chi connectivity index (χ4v) is 6.00. The summed E-state index contributed by atoms with van der Waals surface area (Å²) in [7, 11) is 0. The zero-order chi connectivity index (χ0) is 55.0. The molecule has 0 aliphatic heterocycles. The molecule has 0 fully saturated rings. The zero-order valence-corrected chi connectivity index (χ0v) is 37.0. The van der Waals surface area contributed by atoms with Crippen molar-refractivity contribution < 1.29 is 58.5 Å². The van der Waals surface area contributed by atoms with Gasteiger partial charge < -0.3 is 93.3 Å². The molecule has 0 spiro atoms. The first kappa shape index (κ1) is 56.3. The van der Waals surface area contributed by atoms with Gasteiger partial charge in [-0.25, -0.2) is 24.8 Å². The number of non-ortho nitro benzene ring substituents is 1. The van der Waals surface area contributed by atoms with E-state index in [1.807, 2.05) is 16.0 Å². The first-order valence-corrected chi connectivity index (χ1v) is 19.7. The SMILES string of the molecule is NC(=O)C(N=C(N)N)NC(=O)C(N=C(N)N)NC(=O)C(N=C(N)N)NC(=O)C(N=C(N)N)NC(=O)C(NC(=O)C(O)N(Cc1ccccc1[N+](=O)[O-])c1c(C(=O)O)cc([N+](=O)[O-])cc1[N+](=O)[O-])c1ccccc1. The summed E-state index contributed by atoms with van der Waals surface area (Å²) in [6, 6.07) is 9.58. The summed E-state index contributed by atoms with van der Waals surface area (Å²) >= 11 is 0. The molecule has 6 unspecified atom stereocenters. The Balaban J connectivity index is 2.12. The number of aliphatic imine (C=N–C) groups is 4. The van der Waals surface area contributed by atoms with E-state index in [1.165, 1.54) is 42.5 Å². The second-order valence-electron chi connectivity index (χ2n) is 14.2. The van der Waals surface area contributed by atoms with E-state index in [2.05, 4.69) is 30.6 Å². The van der Waals surface area contributed by atoms with Crippen molar-refractivity contribution in [3.8, 4) is 0 Å². The van der Waals surface area contributed by atoms with Crippen LogP contribution in [0.5, 0.6) is 0 Å². The maximum Gasteiger partial charge on any atom is 0.338 e. The van der Waals surface area contributed by atoms with Gasteiger partial charge in [-0.05, 0) is 5.56 Å². The van der Waals surface area contributed by atoms with E-state index in [0.29, 0.717) is 12.1 Å². The lowest BCUT2D eigenvalue weighted by molar-refractivity contribution is -0.393. The Labute approximate surface area is 406 Å². The number of carbonyl (C=O) groups is 7. The highest BCUT2D eigenvalue weighted by molar-refractivity contribution is 6.01. The second-order valence-corrected chi connectivity index (χ2v) is 14.2. The van der Waals surface area contributed by atoms with Crippen molar-refractivity contribution in [3.63, 3.8) is 0 Å². The standard InChI is InChI=1S/C36H44N22O15/c37-21(59)22(51-33(38)39)47-27(61)24(53-35(42)43)49-29(63)25(54-36(44)45)50-28(62)23(52-34(40)41)48-26(60)19(13-6-2-1-3-7-13)46-30(64)31(65)55(12-14-8-4-5-9-17(14)57(70)71)20-16(32(66)67)10-15(56(68)69)11-18(20)58(72)73/h1-11,19,22-25,31,65H,12H2,(H2,37,59)(H,46,64)(H,47,61)(H,48,60)(H,49,63)(H,50,62)(H,66,67)(H4,38,39,51)(H4,40,41,52)(H4,42,43,53)(H4,44,45,54). The summed E-state index contributed by atoms with van der Waals surface area (Å²) in [5.74, 6) is -14.3. The van der Waals surface area contributed by atoms with Crippen LogP contribution in [0.3, 0.4) is 0 Å². The Hall–Kier alpha value is -11.0. The van der Waals surface area contributed by atoms with E-state index in [-0.39, 0.29) is 10.5 Å². The summed E-state index contributed by atoms with van der Waals surface area (Å²) in [6.45, 7) is -1.09. The number of nitrogens with zero attached hydrogens (tertiary/aromatic N) is 8. The molecule has 37 heteroatoms. The van der Waals surface area contributed by atoms with Gasteiger partial charge in [-0.1, -0.05) is 48.5 Å². The minimum absolute atomic E-state index is 0.164. The van der Waals surface area contributed by atoms with Crippen LogP contribution in [0.4, 0.5) is 22.7 Å². The van der Waals surface area contributed by atoms with Gasteiger partial charge in [0.25, 0.3) is 46.6 Å². The van der Waals surface area contributed by atoms with Crippen LogP contribution in [0.15, 0.2) is 86.7 Å². The molecule has 0 bridgehead atoms. The third kappa shape index (κ3) is 15.8. The number of amides is 6. The summed E-state index contributed by atoms with van der Waals surface area (Å²) in [4.78, 5) is 140. The van der Waals surface area contributed by atoms with Gasteiger partial charge in [0.1, 0.15) is 11.7 Å². The Bertz CT molecular complexity index is 2760. The second kappa shape index (κ2) is 24.8. The van der Waals surface area contributed by atoms with Crippen molar-refractivity contribution in [2.75, 3.05) is 4.90 Å². The minimum atomic E-state index is -2.87. The number of nitrogens with one attached hydrogen (secondary N) is 5. The van der Waals surface area contributed by atoms with E-state index >= 15 is 0 Å². The molecule has 6 amide bonds.